The highest BCUT2D eigenvalue weighted by Crippen LogP contribution is 2.08. The van der Waals surface area contributed by atoms with Crippen molar-refractivity contribution in [1.82, 2.24) is 4.90 Å². The van der Waals surface area contributed by atoms with E-state index >= 15 is 0 Å². The first kappa shape index (κ1) is 11.6. The highest BCUT2D eigenvalue weighted by molar-refractivity contribution is 5.80. The van der Waals surface area contributed by atoms with E-state index in [-0.39, 0.29) is 5.92 Å². The van der Waals surface area contributed by atoms with E-state index in [1.165, 1.54) is 0 Å². The first-order chi connectivity index (χ1) is 5.57. The third kappa shape index (κ3) is 5.30. The molecule has 0 aliphatic heterocycles. The molecule has 0 rings (SSSR count). The molecule has 1 unspecified atom stereocenters. The third-order valence-corrected chi connectivity index (χ3v) is 2.08. The lowest BCUT2D eigenvalue weighted by Gasteiger charge is -2.11. The van der Waals surface area contributed by atoms with Crippen LogP contribution in [0.3, 0.4) is 0 Å². The van der Waals surface area contributed by atoms with Gasteiger partial charge in [-0.3, -0.25) is 4.79 Å². The Hall–Kier alpha value is -0.370. The molecule has 0 saturated heterocycles. The standard InChI is InChI=1S/C10H21NO/c1-5-6-9(2)10(12)7-8-11(3)4/h9H,5-8H2,1-4H3. The fourth-order valence-corrected chi connectivity index (χ4v) is 1.17. The van der Waals surface area contributed by atoms with Gasteiger partial charge in [-0.1, -0.05) is 20.3 Å². The molecule has 0 amide bonds. The smallest absolute Gasteiger partial charge is 0.136 e. The highest BCUT2D eigenvalue weighted by Gasteiger charge is 2.10. The normalized spacial score (nSPS) is 13.4. The van der Waals surface area contributed by atoms with Gasteiger partial charge in [-0.05, 0) is 20.5 Å². The first-order valence-electron chi connectivity index (χ1n) is 4.75. The summed E-state index contributed by atoms with van der Waals surface area (Å²) in [7, 11) is 4.00. The molecule has 0 bridgehead atoms. The minimum absolute atomic E-state index is 0.259. The van der Waals surface area contributed by atoms with Gasteiger partial charge in [0, 0.05) is 18.9 Å². The Morgan fingerprint density at radius 2 is 2.00 bits per heavy atom. The van der Waals surface area contributed by atoms with Crippen LogP contribution in [0.1, 0.15) is 33.1 Å². The largest absolute Gasteiger partial charge is 0.309 e. The molecule has 2 heteroatoms. The summed E-state index contributed by atoms with van der Waals surface area (Å²) in [6.07, 6.45) is 2.84. The van der Waals surface area contributed by atoms with Gasteiger partial charge < -0.3 is 4.90 Å². The molecule has 0 heterocycles. The van der Waals surface area contributed by atoms with Crippen LogP contribution in [0.15, 0.2) is 0 Å². The number of nitrogens with zero attached hydrogens (tertiary/aromatic N) is 1. The molecular weight excluding hydrogens is 150 g/mol. The number of carbonyl (C=O) groups excluding carboxylic acids is 1. The zero-order valence-electron chi connectivity index (χ0n) is 8.76. The quantitative estimate of drug-likeness (QED) is 0.608. The number of rotatable bonds is 6. The van der Waals surface area contributed by atoms with E-state index in [1.807, 2.05) is 21.0 Å². The van der Waals surface area contributed by atoms with Crippen LogP contribution in [-0.2, 0) is 4.79 Å². The van der Waals surface area contributed by atoms with Crippen molar-refractivity contribution in [3.05, 3.63) is 0 Å². The zero-order chi connectivity index (χ0) is 9.56. The summed E-state index contributed by atoms with van der Waals surface area (Å²) < 4.78 is 0. The Morgan fingerprint density at radius 3 is 2.42 bits per heavy atom. The summed E-state index contributed by atoms with van der Waals surface area (Å²) in [5.41, 5.74) is 0. The third-order valence-electron chi connectivity index (χ3n) is 2.08. The molecule has 0 aromatic carbocycles. The lowest BCUT2D eigenvalue weighted by molar-refractivity contribution is -0.122. The van der Waals surface area contributed by atoms with E-state index in [4.69, 9.17) is 0 Å². The van der Waals surface area contributed by atoms with E-state index in [0.29, 0.717) is 12.2 Å². The number of carbonyl (C=O) groups is 1. The topological polar surface area (TPSA) is 20.3 Å². The van der Waals surface area contributed by atoms with Gasteiger partial charge in [0.1, 0.15) is 5.78 Å². The van der Waals surface area contributed by atoms with Crippen LogP contribution in [0.25, 0.3) is 0 Å². The SMILES string of the molecule is CCCC(C)C(=O)CCN(C)C. The van der Waals surface area contributed by atoms with E-state index in [2.05, 4.69) is 11.8 Å². The van der Waals surface area contributed by atoms with Crippen LogP contribution < -0.4 is 0 Å². The van der Waals surface area contributed by atoms with Gasteiger partial charge in [0.2, 0.25) is 0 Å². The van der Waals surface area contributed by atoms with E-state index in [0.717, 1.165) is 19.4 Å². The van der Waals surface area contributed by atoms with Crippen molar-refractivity contribution >= 4 is 5.78 Å². The monoisotopic (exact) mass is 171 g/mol. The lowest BCUT2D eigenvalue weighted by Crippen LogP contribution is -2.20. The van der Waals surface area contributed by atoms with Crippen molar-refractivity contribution in [2.24, 2.45) is 5.92 Å². The second kappa shape index (κ2) is 6.18. The summed E-state index contributed by atoms with van der Waals surface area (Å²) in [6.45, 7) is 5.03. The van der Waals surface area contributed by atoms with Crippen LogP contribution in [-0.4, -0.2) is 31.3 Å². The fourth-order valence-electron chi connectivity index (χ4n) is 1.17. The molecule has 72 valence electrons. The Balaban J connectivity index is 3.57. The van der Waals surface area contributed by atoms with Crippen LogP contribution in [0.5, 0.6) is 0 Å². The molecule has 0 N–H and O–H groups in total. The van der Waals surface area contributed by atoms with Gasteiger partial charge in [0.05, 0.1) is 0 Å². The highest BCUT2D eigenvalue weighted by atomic mass is 16.1. The minimum atomic E-state index is 0.259. The number of Topliss-reactive ketones (excluding diaryl/α,β-unsaturated/α-hetero) is 1. The summed E-state index contributed by atoms with van der Waals surface area (Å²) in [6, 6.07) is 0. The molecule has 1 atom stereocenters. The van der Waals surface area contributed by atoms with Crippen molar-refractivity contribution in [2.75, 3.05) is 20.6 Å². The van der Waals surface area contributed by atoms with Crippen molar-refractivity contribution in [3.8, 4) is 0 Å². The molecule has 0 aliphatic rings. The molecule has 0 spiro atoms. The zero-order valence-corrected chi connectivity index (χ0v) is 8.76. The molecule has 0 aromatic heterocycles. The van der Waals surface area contributed by atoms with Crippen molar-refractivity contribution in [2.45, 2.75) is 33.1 Å². The van der Waals surface area contributed by atoms with Gasteiger partial charge in [-0.15, -0.1) is 0 Å². The summed E-state index contributed by atoms with van der Waals surface area (Å²) in [5.74, 6) is 0.667. The van der Waals surface area contributed by atoms with Gasteiger partial charge in [-0.25, -0.2) is 0 Å². The Kier molecular flexibility index (Phi) is 5.99. The van der Waals surface area contributed by atoms with Crippen LogP contribution >= 0.6 is 0 Å². The predicted molar refractivity (Wildman–Crippen MR) is 52.3 cm³/mol. The van der Waals surface area contributed by atoms with Crippen LogP contribution in [0.4, 0.5) is 0 Å². The lowest BCUT2D eigenvalue weighted by atomic mass is 9.99. The Morgan fingerprint density at radius 1 is 1.42 bits per heavy atom. The van der Waals surface area contributed by atoms with Gasteiger partial charge in [0.15, 0.2) is 0 Å². The number of ketones is 1. The van der Waals surface area contributed by atoms with Crippen molar-refractivity contribution in [1.29, 1.82) is 0 Å². The molecule has 12 heavy (non-hydrogen) atoms. The predicted octanol–water partition coefficient (Wildman–Crippen LogP) is 1.94. The number of hydrogen-bond donors (Lipinski definition) is 0. The molecule has 2 nitrogen and oxygen atoms in total. The summed E-state index contributed by atoms with van der Waals surface area (Å²) in [5, 5.41) is 0. The summed E-state index contributed by atoms with van der Waals surface area (Å²) in [4.78, 5) is 13.5. The average molecular weight is 171 g/mol. The van der Waals surface area contributed by atoms with E-state index < -0.39 is 0 Å². The number of hydrogen-bond acceptors (Lipinski definition) is 2. The second-order valence-corrected chi connectivity index (χ2v) is 3.71. The first-order valence-corrected chi connectivity index (χ1v) is 4.75. The maximum Gasteiger partial charge on any atom is 0.136 e. The molecule has 0 aromatic rings. The van der Waals surface area contributed by atoms with Crippen LogP contribution in [0.2, 0.25) is 0 Å². The maximum atomic E-state index is 11.4. The van der Waals surface area contributed by atoms with Gasteiger partial charge >= 0.3 is 0 Å². The molecule has 0 aliphatic carbocycles. The Labute approximate surface area is 75.9 Å². The summed E-state index contributed by atoms with van der Waals surface area (Å²) >= 11 is 0. The van der Waals surface area contributed by atoms with Crippen LogP contribution in [0, 0.1) is 5.92 Å². The van der Waals surface area contributed by atoms with Crippen molar-refractivity contribution < 1.29 is 4.79 Å². The van der Waals surface area contributed by atoms with Crippen molar-refractivity contribution in [3.63, 3.8) is 0 Å². The maximum absolute atomic E-state index is 11.4. The molecule has 0 fully saturated rings. The van der Waals surface area contributed by atoms with Gasteiger partial charge in [0.25, 0.3) is 0 Å². The fraction of sp³-hybridized carbons (Fsp3) is 0.900. The second-order valence-electron chi connectivity index (χ2n) is 3.71. The molecule has 0 radical (unpaired) electrons. The minimum Gasteiger partial charge on any atom is -0.309 e. The Bertz CT molecular complexity index is 132. The molecule has 0 saturated carbocycles. The average Bonchev–Trinajstić information content (AvgIpc) is 2.00. The van der Waals surface area contributed by atoms with E-state index in [9.17, 15) is 4.79 Å². The molecular formula is C10H21NO. The van der Waals surface area contributed by atoms with Gasteiger partial charge in [-0.2, -0.15) is 0 Å². The van der Waals surface area contributed by atoms with E-state index in [1.54, 1.807) is 0 Å².